The molecule has 3 heterocycles. The molecular formula is C19H19N5O5. The van der Waals surface area contributed by atoms with Gasteiger partial charge in [-0.3, -0.25) is 18.7 Å². The molecule has 29 heavy (non-hydrogen) atoms. The molecule has 0 aliphatic heterocycles. The number of amides is 1. The first kappa shape index (κ1) is 18.5. The van der Waals surface area contributed by atoms with E-state index in [2.05, 4.69) is 15.3 Å². The Morgan fingerprint density at radius 2 is 2.07 bits per heavy atom. The average Bonchev–Trinajstić information content (AvgIpc) is 3.37. The normalized spacial score (nSPS) is 11.3. The highest BCUT2D eigenvalue weighted by molar-refractivity contribution is 5.99. The first-order valence-electron chi connectivity index (χ1n) is 8.88. The molecule has 1 amide bonds. The molecule has 4 rings (SSSR count). The zero-order valence-corrected chi connectivity index (χ0v) is 16.1. The third-order valence-electron chi connectivity index (χ3n) is 4.81. The molecule has 1 aromatic carbocycles. The lowest BCUT2D eigenvalue weighted by molar-refractivity contribution is 0.0953. The molecule has 0 unspecified atom stereocenters. The Morgan fingerprint density at radius 1 is 1.28 bits per heavy atom. The molecule has 10 nitrogen and oxygen atoms in total. The molecule has 0 aliphatic carbocycles. The van der Waals surface area contributed by atoms with E-state index in [1.54, 1.807) is 25.2 Å². The number of rotatable bonds is 5. The average molecular weight is 397 g/mol. The molecule has 0 spiro atoms. The van der Waals surface area contributed by atoms with E-state index in [4.69, 9.17) is 9.15 Å². The van der Waals surface area contributed by atoms with Gasteiger partial charge in [-0.15, -0.1) is 0 Å². The van der Waals surface area contributed by atoms with Crippen molar-refractivity contribution in [3.8, 4) is 5.75 Å². The van der Waals surface area contributed by atoms with E-state index >= 15 is 0 Å². The Labute approximate surface area is 163 Å². The molecule has 0 aliphatic rings. The Morgan fingerprint density at radius 3 is 2.83 bits per heavy atom. The van der Waals surface area contributed by atoms with Crippen molar-refractivity contribution in [2.45, 2.75) is 6.42 Å². The Kier molecular flexibility index (Phi) is 4.45. The molecule has 0 fully saturated rings. The summed E-state index contributed by atoms with van der Waals surface area (Å²) in [5.74, 6) is 0.758. The van der Waals surface area contributed by atoms with Gasteiger partial charge in [0.05, 0.1) is 18.8 Å². The van der Waals surface area contributed by atoms with Gasteiger partial charge in [0.15, 0.2) is 5.65 Å². The van der Waals surface area contributed by atoms with Crippen LogP contribution in [0.2, 0.25) is 0 Å². The highest BCUT2D eigenvalue weighted by atomic mass is 16.5. The van der Waals surface area contributed by atoms with E-state index in [1.165, 1.54) is 25.0 Å². The predicted octanol–water partition coefficient (Wildman–Crippen LogP) is 0.688. The number of aryl methyl sites for hydroxylation is 1. The fourth-order valence-electron chi connectivity index (χ4n) is 3.23. The highest BCUT2D eigenvalue weighted by Crippen LogP contribution is 2.28. The largest absolute Gasteiger partial charge is 0.496 e. The van der Waals surface area contributed by atoms with E-state index in [0.717, 1.165) is 9.95 Å². The quantitative estimate of drug-likeness (QED) is 0.511. The van der Waals surface area contributed by atoms with Crippen LogP contribution in [0.4, 0.5) is 0 Å². The van der Waals surface area contributed by atoms with Crippen LogP contribution in [0.25, 0.3) is 22.1 Å². The van der Waals surface area contributed by atoms with E-state index < -0.39 is 11.2 Å². The second-order valence-electron chi connectivity index (χ2n) is 6.60. The van der Waals surface area contributed by atoms with E-state index in [9.17, 15) is 14.4 Å². The van der Waals surface area contributed by atoms with Crippen LogP contribution in [0.1, 0.15) is 16.2 Å². The lowest BCUT2D eigenvalue weighted by Gasteiger charge is -2.07. The molecule has 0 radical (unpaired) electrons. The minimum atomic E-state index is -0.448. The maximum atomic E-state index is 12.5. The Bertz CT molecular complexity index is 1360. The molecule has 150 valence electrons. The van der Waals surface area contributed by atoms with Crippen molar-refractivity contribution in [2.75, 3.05) is 13.7 Å². The van der Waals surface area contributed by atoms with Crippen molar-refractivity contribution in [2.24, 2.45) is 14.1 Å². The molecule has 4 aromatic rings. The second-order valence-corrected chi connectivity index (χ2v) is 6.60. The standard InChI is InChI=1S/C19H19N5O5/c1-23-16-15(18(26)24(2)19(23)27)21-14(22-16)4-6-20-17(25)10-8-12(28-3)11-5-7-29-13(11)9-10/h5,7-9H,4,6H2,1-3H3,(H,20,25)(H,21,22). The van der Waals surface area contributed by atoms with Crippen LogP contribution >= 0.6 is 0 Å². The molecule has 2 N–H and O–H groups in total. The van der Waals surface area contributed by atoms with Crippen molar-refractivity contribution in [1.29, 1.82) is 0 Å². The van der Waals surface area contributed by atoms with Gasteiger partial charge in [-0.05, 0) is 18.2 Å². The van der Waals surface area contributed by atoms with Gasteiger partial charge in [-0.25, -0.2) is 9.78 Å². The van der Waals surface area contributed by atoms with Gasteiger partial charge >= 0.3 is 5.69 Å². The van der Waals surface area contributed by atoms with Gasteiger partial charge < -0.3 is 19.5 Å². The topological polar surface area (TPSA) is 124 Å². The van der Waals surface area contributed by atoms with Gasteiger partial charge in [0.2, 0.25) is 0 Å². The summed E-state index contributed by atoms with van der Waals surface area (Å²) in [6.07, 6.45) is 1.89. The second kappa shape index (κ2) is 6.97. The number of ether oxygens (including phenoxy) is 1. The Balaban J connectivity index is 1.51. The third kappa shape index (κ3) is 3.08. The van der Waals surface area contributed by atoms with Crippen molar-refractivity contribution < 1.29 is 13.9 Å². The first-order chi connectivity index (χ1) is 13.9. The summed E-state index contributed by atoms with van der Waals surface area (Å²) in [7, 11) is 4.49. The highest BCUT2D eigenvalue weighted by Gasteiger charge is 2.15. The lowest BCUT2D eigenvalue weighted by atomic mass is 10.1. The number of aromatic nitrogens is 4. The Hall–Kier alpha value is -3.82. The monoisotopic (exact) mass is 397 g/mol. The number of carbonyl (C=O) groups is 1. The van der Waals surface area contributed by atoms with Crippen LogP contribution in [0.15, 0.2) is 38.5 Å². The molecule has 0 saturated heterocycles. The van der Waals surface area contributed by atoms with Crippen LogP contribution in [-0.4, -0.2) is 38.7 Å². The minimum Gasteiger partial charge on any atom is -0.496 e. The smallest absolute Gasteiger partial charge is 0.332 e. The van der Waals surface area contributed by atoms with Crippen LogP contribution in [0.5, 0.6) is 5.75 Å². The molecule has 3 aromatic heterocycles. The zero-order valence-electron chi connectivity index (χ0n) is 16.1. The number of aromatic amines is 1. The van der Waals surface area contributed by atoms with Crippen molar-refractivity contribution in [3.63, 3.8) is 0 Å². The lowest BCUT2D eigenvalue weighted by Crippen LogP contribution is -2.36. The summed E-state index contributed by atoms with van der Waals surface area (Å²) in [6.45, 7) is 0.283. The number of methoxy groups -OCH3 is 1. The van der Waals surface area contributed by atoms with Crippen molar-refractivity contribution >= 4 is 28.0 Å². The number of benzene rings is 1. The molecule has 0 bridgehead atoms. The summed E-state index contributed by atoms with van der Waals surface area (Å²) < 4.78 is 13.0. The summed E-state index contributed by atoms with van der Waals surface area (Å²) in [5, 5.41) is 3.59. The minimum absolute atomic E-state index is 0.254. The summed E-state index contributed by atoms with van der Waals surface area (Å²) in [5.41, 5.74) is 0.617. The number of furan rings is 1. The fraction of sp³-hybridized carbons (Fsp3) is 0.263. The van der Waals surface area contributed by atoms with E-state index in [-0.39, 0.29) is 23.6 Å². The number of imidazole rings is 1. The van der Waals surface area contributed by atoms with Gasteiger partial charge in [-0.2, -0.15) is 0 Å². The number of H-pyrrole nitrogens is 1. The molecular weight excluding hydrogens is 378 g/mol. The van der Waals surface area contributed by atoms with E-state index in [1.807, 2.05) is 0 Å². The van der Waals surface area contributed by atoms with Crippen LogP contribution in [0, 0.1) is 0 Å². The van der Waals surface area contributed by atoms with Gasteiger partial charge in [0.1, 0.15) is 22.7 Å². The number of fused-ring (bicyclic) bond motifs is 2. The predicted molar refractivity (Wildman–Crippen MR) is 105 cm³/mol. The fourth-order valence-corrected chi connectivity index (χ4v) is 3.23. The molecule has 0 saturated carbocycles. The number of hydrogen-bond donors (Lipinski definition) is 2. The molecule has 0 atom stereocenters. The summed E-state index contributed by atoms with van der Waals surface area (Å²) in [6, 6.07) is 5.07. The number of hydrogen-bond acceptors (Lipinski definition) is 6. The van der Waals surface area contributed by atoms with Crippen LogP contribution in [0.3, 0.4) is 0 Å². The van der Waals surface area contributed by atoms with Crippen LogP contribution < -0.4 is 21.3 Å². The first-order valence-corrected chi connectivity index (χ1v) is 8.88. The maximum absolute atomic E-state index is 12.5. The van der Waals surface area contributed by atoms with Crippen molar-refractivity contribution in [1.82, 2.24) is 24.4 Å². The zero-order chi connectivity index (χ0) is 20.7. The SMILES string of the molecule is COc1cc(C(=O)NCCc2nc3c([nH]2)c(=O)n(C)c(=O)n3C)cc2occc12. The summed E-state index contributed by atoms with van der Waals surface area (Å²) in [4.78, 5) is 44.0. The van der Waals surface area contributed by atoms with Crippen LogP contribution in [-0.2, 0) is 20.5 Å². The van der Waals surface area contributed by atoms with E-state index in [0.29, 0.717) is 29.1 Å². The maximum Gasteiger partial charge on any atom is 0.332 e. The number of nitrogens with one attached hydrogen (secondary N) is 2. The number of carbonyl (C=O) groups excluding carboxylic acids is 1. The van der Waals surface area contributed by atoms with Gasteiger partial charge in [0.25, 0.3) is 11.5 Å². The van der Waals surface area contributed by atoms with Gasteiger partial charge in [0, 0.05) is 32.6 Å². The number of nitrogens with zero attached hydrogens (tertiary/aromatic N) is 3. The van der Waals surface area contributed by atoms with Gasteiger partial charge in [-0.1, -0.05) is 0 Å². The molecule has 10 heteroatoms. The third-order valence-corrected chi connectivity index (χ3v) is 4.81. The summed E-state index contributed by atoms with van der Waals surface area (Å²) >= 11 is 0. The van der Waals surface area contributed by atoms with Crippen molar-refractivity contribution in [3.05, 3.63) is 56.7 Å².